The smallest absolute Gasteiger partial charge is 0.237 e. The largest absolute Gasteiger partial charge is 0.457 e. The second kappa shape index (κ2) is 11.0. The van der Waals surface area contributed by atoms with Crippen LogP contribution in [-0.2, 0) is 4.79 Å². The molecule has 4 aromatic carbocycles. The fourth-order valence-corrected chi connectivity index (χ4v) is 4.53. The van der Waals surface area contributed by atoms with Gasteiger partial charge in [0.25, 0.3) is 0 Å². The van der Waals surface area contributed by atoms with Gasteiger partial charge >= 0.3 is 0 Å². The fourth-order valence-electron chi connectivity index (χ4n) is 3.72. The minimum Gasteiger partial charge on any atom is -0.457 e. The molecule has 1 unspecified atom stereocenters. The quantitative estimate of drug-likeness (QED) is 0.219. The molecule has 36 heavy (non-hydrogen) atoms. The van der Waals surface area contributed by atoms with Crippen molar-refractivity contribution < 1.29 is 9.53 Å². The molecule has 5 nitrogen and oxygen atoms in total. The number of carbonyl (C=O) groups excluding carboxylic acids is 1. The van der Waals surface area contributed by atoms with E-state index >= 15 is 0 Å². The van der Waals surface area contributed by atoms with E-state index in [0.717, 1.165) is 28.3 Å². The summed E-state index contributed by atoms with van der Waals surface area (Å²) in [5.41, 5.74) is 4.58. The molecule has 1 aromatic heterocycles. The van der Waals surface area contributed by atoms with Crippen LogP contribution in [0.3, 0.4) is 0 Å². The van der Waals surface area contributed by atoms with Crippen molar-refractivity contribution in [3.8, 4) is 34.0 Å². The van der Waals surface area contributed by atoms with Crippen molar-refractivity contribution in [2.45, 2.75) is 17.3 Å². The number of aromatic amines is 1. The minimum atomic E-state index is -0.358. The zero-order chi connectivity index (χ0) is 24.7. The number of nitrogens with one attached hydrogen (secondary N) is 2. The van der Waals surface area contributed by atoms with Crippen LogP contribution < -0.4 is 10.1 Å². The molecule has 5 aromatic rings. The van der Waals surface area contributed by atoms with Gasteiger partial charge in [0.1, 0.15) is 11.5 Å². The van der Waals surface area contributed by atoms with Crippen molar-refractivity contribution in [2.24, 2.45) is 0 Å². The first kappa shape index (κ1) is 23.5. The van der Waals surface area contributed by atoms with E-state index in [1.165, 1.54) is 11.8 Å². The van der Waals surface area contributed by atoms with Crippen molar-refractivity contribution in [1.82, 2.24) is 9.97 Å². The van der Waals surface area contributed by atoms with Crippen LogP contribution in [0.25, 0.3) is 22.5 Å². The molecule has 6 heteroatoms. The van der Waals surface area contributed by atoms with Gasteiger partial charge in [-0.3, -0.25) is 4.79 Å². The molecule has 5 rings (SSSR count). The van der Waals surface area contributed by atoms with E-state index in [9.17, 15) is 4.79 Å². The van der Waals surface area contributed by atoms with Gasteiger partial charge in [0.2, 0.25) is 5.91 Å². The Labute approximate surface area is 214 Å². The number of hydrogen-bond donors (Lipinski definition) is 2. The summed E-state index contributed by atoms with van der Waals surface area (Å²) < 4.78 is 5.82. The Hall–Kier alpha value is -4.29. The molecule has 0 fully saturated rings. The summed E-state index contributed by atoms with van der Waals surface area (Å²) in [6.45, 7) is 1.87. The van der Waals surface area contributed by atoms with E-state index in [2.05, 4.69) is 22.4 Å². The number of H-pyrrole nitrogens is 1. The first-order valence-corrected chi connectivity index (χ1v) is 12.5. The lowest BCUT2D eigenvalue weighted by atomic mass is 10.1. The summed E-state index contributed by atoms with van der Waals surface area (Å²) in [4.78, 5) is 21.2. The highest BCUT2D eigenvalue weighted by Gasteiger charge is 2.20. The predicted molar refractivity (Wildman–Crippen MR) is 146 cm³/mol. The second-order valence-corrected chi connectivity index (χ2v) is 9.52. The molecule has 1 amide bonds. The summed E-state index contributed by atoms with van der Waals surface area (Å²) in [7, 11) is 0. The van der Waals surface area contributed by atoms with Gasteiger partial charge in [0.05, 0.1) is 16.6 Å². The SMILES string of the molecule is CC(Sc1nc(-c2ccccc2)c(-c2ccccc2)[nH]1)C(=O)Nc1ccc(Oc2ccccc2)cc1. The molecule has 0 bridgehead atoms. The number of thioether (sulfide) groups is 1. The van der Waals surface area contributed by atoms with Crippen LogP contribution in [0.15, 0.2) is 120 Å². The molecule has 0 saturated carbocycles. The lowest BCUT2D eigenvalue weighted by molar-refractivity contribution is -0.115. The second-order valence-electron chi connectivity index (χ2n) is 8.19. The molecule has 1 atom stereocenters. The number of aromatic nitrogens is 2. The molecule has 178 valence electrons. The highest BCUT2D eigenvalue weighted by molar-refractivity contribution is 8.00. The van der Waals surface area contributed by atoms with Gasteiger partial charge in [-0.25, -0.2) is 4.98 Å². The van der Waals surface area contributed by atoms with Crippen LogP contribution >= 0.6 is 11.8 Å². The first-order valence-electron chi connectivity index (χ1n) is 11.7. The Morgan fingerprint density at radius 1 is 0.778 bits per heavy atom. The van der Waals surface area contributed by atoms with Gasteiger partial charge in [-0.2, -0.15) is 0 Å². The zero-order valence-corrected chi connectivity index (χ0v) is 20.5. The summed E-state index contributed by atoms with van der Waals surface area (Å²) in [5, 5.41) is 3.32. The number of rotatable bonds is 8. The summed E-state index contributed by atoms with van der Waals surface area (Å²) >= 11 is 1.40. The maximum atomic E-state index is 12.9. The molecule has 0 aliphatic carbocycles. The highest BCUT2D eigenvalue weighted by atomic mass is 32.2. The summed E-state index contributed by atoms with van der Waals surface area (Å²) in [6, 6.07) is 37.1. The minimum absolute atomic E-state index is 0.101. The standard InChI is InChI=1S/C30H25N3O2S/c1-21(29(34)31-24-17-19-26(20-18-24)35-25-15-9-4-10-16-25)36-30-32-27(22-11-5-2-6-12-22)28(33-30)23-13-7-3-8-14-23/h2-21H,1H3,(H,31,34)(H,32,33). The number of benzene rings is 4. The normalized spacial score (nSPS) is 11.6. The third kappa shape index (κ3) is 5.67. The Balaban J connectivity index is 1.28. The van der Waals surface area contributed by atoms with Crippen molar-refractivity contribution in [2.75, 3.05) is 5.32 Å². The lowest BCUT2D eigenvalue weighted by Gasteiger charge is -2.11. The van der Waals surface area contributed by atoms with Gasteiger partial charge in [0, 0.05) is 16.8 Å². The van der Waals surface area contributed by atoms with Gasteiger partial charge in [-0.1, -0.05) is 90.6 Å². The maximum absolute atomic E-state index is 12.9. The van der Waals surface area contributed by atoms with Crippen molar-refractivity contribution in [3.63, 3.8) is 0 Å². The average Bonchev–Trinajstić information content (AvgIpc) is 3.35. The van der Waals surface area contributed by atoms with Crippen molar-refractivity contribution in [1.29, 1.82) is 0 Å². The first-order chi connectivity index (χ1) is 17.7. The molecule has 0 saturated heterocycles. The Bertz CT molecular complexity index is 1360. The maximum Gasteiger partial charge on any atom is 0.237 e. The van der Waals surface area contributed by atoms with Crippen LogP contribution in [0.1, 0.15) is 6.92 Å². The van der Waals surface area contributed by atoms with Crippen LogP contribution in [0.5, 0.6) is 11.5 Å². The van der Waals surface area contributed by atoms with E-state index < -0.39 is 0 Å². The Morgan fingerprint density at radius 3 is 1.97 bits per heavy atom. The van der Waals surface area contributed by atoms with Crippen LogP contribution in [0.2, 0.25) is 0 Å². The van der Waals surface area contributed by atoms with Gasteiger partial charge < -0.3 is 15.0 Å². The zero-order valence-electron chi connectivity index (χ0n) is 19.7. The number of anilines is 1. The number of hydrogen-bond acceptors (Lipinski definition) is 4. The molecule has 0 aliphatic heterocycles. The van der Waals surface area contributed by atoms with E-state index in [1.54, 1.807) is 0 Å². The van der Waals surface area contributed by atoms with E-state index in [1.807, 2.05) is 110 Å². The summed E-state index contributed by atoms with van der Waals surface area (Å²) in [5.74, 6) is 1.37. The third-order valence-electron chi connectivity index (χ3n) is 5.55. The van der Waals surface area contributed by atoms with Gasteiger partial charge in [-0.15, -0.1) is 0 Å². The molecular formula is C30H25N3O2S. The Morgan fingerprint density at radius 2 is 1.33 bits per heavy atom. The number of nitrogens with zero attached hydrogens (tertiary/aromatic N) is 1. The molecular weight excluding hydrogens is 466 g/mol. The van der Waals surface area contributed by atoms with Crippen molar-refractivity contribution >= 4 is 23.4 Å². The molecule has 1 heterocycles. The van der Waals surface area contributed by atoms with E-state index in [0.29, 0.717) is 16.6 Å². The van der Waals surface area contributed by atoms with Gasteiger partial charge in [0.15, 0.2) is 5.16 Å². The number of imidazole rings is 1. The third-order valence-corrected chi connectivity index (χ3v) is 6.53. The molecule has 0 spiro atoms. The topological polar surface area (TPSA) is 67.0 Å². The number of para-hydroxylation sites is 1. The molecule has 0 aliphatic rings. The number of ether oxygens (including phenoxy) is 1. The number of carbonyl (C=O) groups is 1. The van der Waals surface area contributed by atoms with Crippen molar-refractivity contribution in [3.05, 3.63) is 115 Å². The molecule has 0 radical (unpaired) electrons. The molecule has 2 N–H and O–H groups in total. The average molecular weight is 492 g/mol. The summed E-state index contributed by atoms with van der Waals surface area (Å²) in [6.07, 6.45) is 0. The lowest BCUT2D eigenvalue weighted by Crippen LogP contribution is -2.22. The highest BCUT2D eigenvalue weighted by Crippen LogP contribution is 2.34. The monoisotopic (exact) mass is 491 g/mol. The van der Waals surface area contributed by atoms with E-state index in [4.69, 9.17) is 9.72 Å². The fraction of sp³-hybridized carbons (Fsp3) is 0.0667. The van der Waals surface area contributed by atoms with E-state index in [-0.39, 0.29) is 11.2 Å². The van der Waals surface area contributed by atoms with Crippen LogP contribution in [-0.4, -0.2) is 21.1 Å². The van der Waals surface area contributed by atoms with Gasteiger partial charge in [-0.05, 0) is 43.3 Å². The van der Waals surface area contributed by atoms with Crippen LogP contribution in [0.4, 0.5) is 5.69 Å². The predicted octanol–water partition coefficient (Wildman–Crippen LogP) is 7.66. The number of amides is 1. The van der Waals surface area contributed by atoms with Crippen LogP contribution in [0, 0.1) is 0 Å². The Kier molecular flexibility index (Phi) is 7.15.